The van der Waals surface area contributed by atoms with Gasteiger partial charge in [0.1, 0.15) is 5.75 Å². The molecule has 0 aliphatic heterocycles. The van der Waals surface area contributed by atoms with Crippen molar-refractivity contribution in [2.45, 2.75) is 20.3 Å². The zero-order chi connectivity index (χ0) is 15.7. The van der Waals surface area contributed by atoms with E-state index in [0.717, 1.165) is 0 Å². The summed E-state index contributed by atoms with van der Waals surface area (Å²) in [5.74, 6) is -0.277. The summed E-state index contributed by atoms with van der Waals surface area (Å²) in [6, 6.07) is 6.64. The molecule has 1 aromatic carbocycles. The molecule has 0 unspecified atom stereocenters. The van der Waals surface area contributed by atoms with Crippen molar-refractivity contribution in [1.29, 1.82) is 0 Å². The predicted octanol–water partition coefficient (Wildman–Crippen LogP) is 2.16. The number of amides is 1. The van der Waals surface area contributed by atoms with Gasteiger partial charge in [-0.3, -0.25) is 9.59 Å². The number of nitrogens with zero attached hydrogens (tertiary/aromatic N) is 1. The molecule has 0 aliphatic carbocycles. The summed E-state index contributed by atoms with van der Waals surface area (Å²) in [7, 11) is 0. The second-order valence-corrected chi connectivity index (χ2v) is 4.54. The van der Waals surface area contributed by atoms with Crippen LogP contribution in [0.5, 0.6) is 5.75 Å². The lowest BCUT2D eigenvalue weighted by molar-refractivity contribution is -0.141. The molecule has 0 fully saturated rings. The molecule has 6 nitrogen and oxygen atoms in total. The molecule has 0 bridgehead atoms. The Morgan fingerprint density at radius 2 is 1.95 bits per heavy atom. The van der Waals surface area contributed by atoms with Crippen LogP contribution in [0.1, 0.15) is 20.3 Å². The second-order valence-electron chi connectivity index (χ2n) is 4.11. The summed E-state index contributed by atoms with van der Waals surface area (Å²) in [4.78, 5) is 22.7. The number of ether oxygens (including phenoxy) is 2. The molecule has 1 rings (SSSR count). The third-order valence-corrected chi connectivity index (χ3v) is 2.51. The highest BCUT2D eigenvalue weighted by Gasteiger charge is 2.06. The summed E-state index contributed by atoms with van der Waals surface area (Å²) >= 11 is 5.73. The van der Waals surface area contributed by atoms with Gasteiger partial charge >= 0.3 is 5.97 Å². The van der Waals surface area contributed by atoms with E-state index in [4.69, 9.17) is 21.1 Å². The quantitative estimate of drug-likeness (QED) is 0.475. The lowest BCUT2D eigenvalue weighted by Crippen LogP contribution is -2.26. The second kappa shape index (κ2) is 8.97. The maximum atomic E-state index is 11.5. The first kappa shape index (κ1) is 17.0. The molecule has 1 N–H and O–H groups in total. The average Bonchev–Trinajstić information content (AvgIpc) is 2.44. The Morgan fingerprint density at radius 3 is 2.57 bits per heavy atom. The first-order chi connectivity index (χ1) is 10.0. The summed E-state index contributed by atoms with van der Waals surface area (Å²) in [6.45, 7) is 3.47. The van der Waals surface area contributed by atoms with Gasteiger partial charge in [0.25, 0.3) is 5.91 Å². The molecule has 7 heteroatoms. The minimum absolute atomic E-state index is 0.0339. The van der Waals surface area contributed by atoms with Gasteiger partial charge < -0.3 is 9.47 Å². The van der Waals surface area contributed by atoms with Crippen molar-refractivity contribution in [2.24, 2.45) is 5.10 Å². The fourth-order valence-electron chi connectivity index (χ4n) is 1.33. The highest BCUT2D eigenvalue weighted by Crippen LogP contribution is 2.15. The van der Waals surface area contributed by atoms with E-state index in [1.807, 2.05) is 0 Å². The average molecular weight is 313 g/mol. The number of esters is 1. The van der Waals surface area contributed by atoms with Crippen molar-refractivity contribution in [2.75, 3.05) is 13.2 Å². The predicted molar refractivity (Wildman–Crippen MR) is 79.4 cm³/mol. The molecule has 0 spiro atoms. The Morgan fingerprint density at radius 1 is 1.29 bits per heavy atom. The number of rotatable bonds is 7. The lowest BCUT2D eigenvalue weighted by Gasteiger charge is -2.05. The van der Waals surface area contributed by atoms with Gasteiger partial charge in [-0.1, -0.05) is 11.6 Å². The Bertz CT molecular complexity index is 514. The van der Waals surface area contributed by atoms with E-state index in [-0.39, 0.29) is 19.0 Å². The Labute approximate surface area is 128 Å². The minimum Gasteiger partial charge on any atom is -0.484 e. The number of halogens is 1. The number of nitrogens with one attached hydrogen (secondary N) is 1. The molecule has 0 radical (unpaired) electrons. The number of carbonyl (C=O) groups is 2. The van der Waals surface area contributed by atoms with Crippen LogP contribution in [0, 0.1) is 0 Å². The Kier molecular flexibility index (Phi) is 7.25. The van der Waals surface area contributed by atoms with Crippen molar-refractivity contribution in [3.63, 3.8) is 0 Å². The zero-order valence-electron chi connectivity index (χ0n) is 11.9. The fourth-order valence-corrected chi connectivity index (χ4v) is 1.46. The number of benzene rings is 1. The largest absolute Gasteiger partial charge is 0.484 e. The third kappa shape index (κ3) is 7.31. The molecule has 0 atom stereocenters. The van der Waals surface area contributed by atoms with Gasteiger partial charge in [0, 0.05) is 10.7 Å². The van der Waals surface area contributed by atoms with Crippen LogP contribution >= 0.6 is 11.6 Å². The van der Waals surface area contributed by atoms with Crippen LogP contribution < -0.4 is 10.2 Å². The van der Waals surface area contributed by atoms with Crippen molar-refractivity contribution in [3.05, 3.63) is 29.3 Å². The van der Waals surface area contributed by atoms with E-state index < -0.39 is 5.91 Å². The smallest absolute Gasteiger partial charge is 0.311 e. The first-order valence-corrected chi connectivity index (χ1v) is 6.75. The van der Waals surface area contributed by atoms with Crippen molar-refractivity contribution < 1.29 is 19.1 Å². The van der Waals surface area contributed by atoms with E-state index in [1.165, 1.54) is 0 Å². The Balaban J connectivity index is 2.33. The van der Waals surface area contributed by atoms with E-state index in [1.54, 1.807) is 38.1 Å². The Hall–Kier alpha value is -2.08. The van der Waals surface area contributed by atoms with Gasteiger partial charge in [-0.05, 0) is 38.1 Å². The molecular weight excluding hydrogens is 296 g/mol. The zero-order valence-corrected chi connectivity index (χ0v) is 12.6. The van der Waals surface area contributed by atoms with Crippen LogP contribution in [0.3, 0.4) is 0 Å². The standard InChI is InChI=1S/C14H17ClN2O4/c1-3-20-14(19)8-10(2)16-17-13(18)9-21-12-6-4-11(15)5-7-12/h4-7H,3,8-9H2,1-2H3,(H,17,18)/b16-10+. The van der Waals surface area contributed by atoms with Gasteiger partial charge in [-0.2, -0.15) is 5.10 Å². The highest BCUT2D eigenvalue weighted by atomic mass is 35.5. The minimum atomic E-state index is -0.423. The molecule has 1 aromatic rings. The summed E-state index contributed by atoms with van der Waals surface area (Å²) in [5.41, 5.74) is 2.75. The van der Waals surface area contributed by atoms with Gasteiger partial charge in [0.15, 0.2) is 6.61 Å². The van der Waals surface area contributed by atoms with Crippen LogP contribution in [-0.4, -0.2) is 30.8 Å². The van der Waals surface area contributed by atoms with Gasteiger partial charge in [-0.15, -0.1) is 0 Å². The number of hydrogen-bond donors (Lipinski definition) is 1. The van der Waals surface area contributed by atoms with E-state index in [2.05, 4.69) is 10.5 Å². The van der Waals surface area contributed by atoms with Crippen LogP contribution in [0.2, 0.25) is 5.02 Å². The number of hydrazone groups is 1. The molecular formula is C14H17ClN2O4. The topological polar surface area (TPSA) is 77.0 Å². The molecule has 0 heterocycles. The summed E-state index contributed by atoms with van der Waals surface area (Å²) in [6.07, 6.45) is 0.0339. The molecule has 114 valence electrons. The molecule has 0 aliphatic rings. The van der Waals surface area contributed by atoms with Gasteiger partial charge in [-0.25, -0.2) is 5.43 Å². The normalized spacial score (nSPS) is 10.9. The maximum Gasteiger partial charge on any atom is 0.311 e. The third-order valence-electron chi connectivity index (χ3n) is 2.26. The van der Waals surface area contributed by atoms with Crippen molar-refractivity contribution >= 4 is 29.2 Å². The molecule has 0 aromatic heterocycles. The fraction of sp³-hybridized carbons (Fsp3) is 0.357. The van der Waals surface area contributed by atoms with Crippen molar-refractivity contribution in [1.82, 2.24) is 5.43 Å². The number of carbonyl (C=O) groups excluding carboxylic acids is 2. The first-order valence-electron chi connectivity index (χ1n) is 6.37. The molecule has 1 amide bonds. The van der Waals surface area contributed by atoms with E-state index in [9.17, 15) is 9.59 Å². The van der Waals surface area contributed by atoms with Crippen LogP contribution in [0.4, 0.5) is 0 Å². The van der Waals surface area contributed by atoms with Gasteiger partial charge in [0.2, 0.25) is 0 Å². The van der Waals surface area contributed by atoms with E-state index >= 15 is 0 Å². The number of hydrogen-bond acceptors (Lipinski definition) is 5. The van der Waals surface area contributed by atoms with Crippen LogP contribution in [0.25, 0.3) is 0 Å². The molecule has 0 saturated carbocycles. The summed E-state index contributed by atoms with van der Waals surface area (Å²) < 4.78 is 10.0. The maximum absolute atomic E-state index is 11.5. The molecule has 0 saturated heterocycles. The summed E-state index contributed by atoms with van der Waals surface area (Å²) in [5, 5.41) is 4.38. The van der Waals surface area contributed by atoms with Crippen LogP contribution in [-0.2, 0) is 14.3 Å². The van der Waals surface area contributed by atoms with Gasteiger partial charge in [0.05, 0.1) is 13.0 Å². The SMILES string of the molecule is CCOC(=O)C/C(C)=N/NC(=O)COc1ccc(Cl)cc1. The van der Waals surface area contributed by atoms with Crippen LogP contribution in [0.15, 0.2) is 29.4 Å². The van der Waals surface area contributed by atoms with E-state index in [0.29, 0.717) is 23.1 Å². The monoisotopic (exact) mass is 312 g/mol. The van der Waals surface area contributed by atoms with Crippen molar-refractivity contribution in [3.8, 4) is 5.75 Å². The lowest BCUT2D eigenvalue weighted by atomic mass is 10.3. The highest BCUT2D eigenvalue weighted by molar-refractivity contribution is 6.30. The molecule has 21 heavy (non-hydrogen) atoms.